The van der Waals surface area contributed by atoms with Crippen molar-refractivity contribution in [2.24, 2.45) is 0 Å². The molecule has 0 saturated carbocycles. The number of ether oxygens (including phenoxy) is 2. The fourth-order valence-corrected chi connectivity index (χ4v) is 4.36. The fraction of sp³-hybridized carbons (Fsp3) is 0.387. The van der Waals surface area contributed by atoms with Crippen LogP contribution in [0.3, 0.4) is 0 Å². The highest BCUT2D eigenvalue weighted by Gasteiger charge is 2.28. The topological polar surface area (TPSA) is 97.8 Å². The molecule has 38 heavy (non-hydrogen) atoms. The van der Waals surface area contributed by atoms with E-state index in [9.17, 15) is 14.7 Å². The molecule has 0 bridgehead atoms. The van der Waals surface area contributed by atoms with Gasteiger partial charge < -0.3 is 19.9 Å². The van der Waals surface area contributed by atoms with Gasteiger partial charge in [0.25, 0.3) is 5.91 Å². The number of carbonyl (C=O) groups excluding carboxylic acids is 2. The van der Waals surface area contributed by atoms with E-state index < -0.39 is 29.8 Å². The van der Waals surface area contributed by atoms with E-state index in [1.54, 1.807) is 0 Å². The average molecular weight is 519 g/mol. The standard InChI is InChI=1S/C31H38N2O5/c1-18(2)22-8-12-24(13-9-22)27(25-14-10-23(11-15-25)19(3)4)21(6)38-31(36)20(5)33-30(35)28-29(34)26(37-7)16-17-32-28/h8-21,27,34H,1-7H3,(H,33,35)/t20-,21-/m0/s1. The number of methoxy groups -OCH3 is 1. The summed E-state index contributed by atoms with van der Waals surface area (Å²) in [5, 5.41) is 12.8. The van der Waals surface area contributed by atoms with Gasteiger partial charge in [-0.15, -0.1) is 0 Å². The molecule has 7 heteroatoms. The van der Waals surface area contributed by atoms with E-state index in [1.165, 1.54) is 37.4 Å². The number of esters is 1. The summed E-state index contributed by atoms with van der Waals surface area (Å²) < 4.78 is 10.9. The molecule has 0 aliphatic carbocycles. The Labute approximate surface area is 225 Å². The van der Waals surface area contributed by atoms with E-state index in [0.717, 1.165) is 11.1 Å². The molecule has 0 radical (unpaired) electrons. The van der Waals surface area contributed by atoms with Crippen molar-refractivity contribution in [2.75, 3.05) is 7.11 Å². The smallest absolute Gasteiger partial charge is 0.328 e. The zero-order chi connectivity index (χ0) is 28.0. The number of pyridine rings is 1. The molecule has 0 spiro atoms. The van der Waals surface area contributed by atoms with Gasteiger partial charge in [-0.1, -0.05) is 76.2 Å². The SMILES string of the molecule is COc1ccnc(C(=O)N[C@@H](C)C(=O)O[C@@H](C)C(c2ccc(C(C)C)cc2)c2ccc(C(C)C)cc2)c1O. The number of nitrogens with zero attached hydrogens (tertiary/aromatic N) is 1. The summed E-state index contributed by atoms with van der Waals surface area (Å²) in [6.45, 7) is 12.0. The number of aromatic hydroxyl groups is 1. The highest BCUT2D eigenvalue weighted by molar-refractivity contribution is 5.97. The summed E-state index contributed by atoms with van der Waals surface area (Å²) >= 11 is 0. The second-order valence-electron chi connectivity index (χ2n) is 10.2. The van der Waals surface area contributed by atoms with Crippen LogP contribution in [0.4, 0.5) is 0 Å². The molecule has 0 aliphatic rings. The van der Waals surface area contributed by atoms with Gasteiger partial charge in [0.05, 0.1) is 7.11 Å². The van der Waals surface area contributed by atoms with E-state index in [1.807, 2.05) is 6.92 Å². The van der Waals surface area contributed by atoms with Crippen LogP contribution in [0.15, 0.2) is 60.8 Å². The van der Waals surface area contributed by atoms with Gasteiger partial charge in [-0.3, -0.25) is 4.79 Å². The summed E-state index contributed by atoms with van der Waals surface area (Å²) in [4.78, 5) is 29.6. The van der Waals surface area contributed by atoms with Gasteiger partial charge in [-0.05, 0) is 47.9 Å². The molecule has 2 atom stereocenters. The third-order valence-corrected chi connectivity index (χ3v) is 6.72. The van der Waals surface area contributed by atoms with Crippen molar-refractivity contribution >= 4 is 11.9 Å². The summed E-state index contributed by atoms with van der Waals surface area (Å²) in [6, 6.07) is 17.3. The molecule has 0 fully saturated rings. The number of rotatable bonds is 10. The van der Waals surface area contributed by atoms with Crippen LogP contribution in [0.25, 0.3) is 0 Å². The molecule has 0 saturated heterocycles. The third kappa shape index (κ3) is 6.71. The summed E-state index contributed by atoms with van der Waals surface area (Å²) in [5.41, 5.74) is 4.31. The Kier molecular flexibility index (Phi) is 9.50. The zero-order valence-corrected chi connectivity index (χ0v) is 23.2. The highest BCUT2D eigenvalue weighted by Crippen LogP contribution is 2.32. The van der Waals surface area contributed by atoms with E-state index in [0.29, 0.717) is 11.8 Å². The van der Waals surface area contributed by atoms with Crippen molar-refractivity contribution in [1.82, 2.24) is 10.3 Å². The minimum absolute atomic E-state index is 0.115. The number of hydrogen-bond donors (Lipinski definition) is 2. The molecular formula is C31H38N2O5. The number of amides is 1. The van der Waals surface area contributed by atoms with Gasteiger partial charge in [-0.25, -0.2) is 9.78 Å². The van der Waals surface area contributed by atoms with Crippen molar-refractivity contribution in [3.8, 4) is 11.5 Å². The van der Waals surface area contributed by atoms with Crippen molar-refractivity contribution in [2.45, 2.75) is 71.4 Å². The number of benzene rings is 2. The molecule has 3 rings (SSSR count). The van der Waals surface area contributed by atoms with E-state index >= 15 is 0 Å². The van der Waals surface area contributed by atoms with Crippen LogP contribution in [-0.4, -0.2) is 41.2 Å². The second kappa shape index (κ2) is 12.6. The predicted molar refractivity (Wildman–Crippen MR) is 148 cm³/mol. The minimum Gasteiger partial charge on any atom is -0.503 e. The molecule has 202 valence electrons. The van der Waals surface area contributed by atoms with Gasteiger partial charge in [-0.2, -0.15) is 0 Å². The summed E-state index contributed by atoms with van der Waals surface area (Å²) in [5.74, 6) is -0.954. The predicted octanol–water partition coefficient (Wildman–Crippen LogP) is 5.92. The van der Waals surface area contributed by atoms with Gasteiger partial charge in [0.15, 0.2) is 17.2 Å². The van der Waals surface area contributed by atoms with Crippen LogP contribution in [-0.2, 0) is 9.53 Å². The van der Waals surface area contributed by atoms with Crippen molar-refractivity contribution < 1.29 is 24.2 Å². The van der Waals surface area contributed by atoms with Crippen LogP contribution >= 0.6 is 0 Å². The number of hydrogen-bond acceptors (Lipinski definition) is 6. The van der Waals surface area contributed by atoms with Crippen LogP contribution in [0.2, 0.25) is 0 Å². The van der Waals surface area contributed by atoms with Gasteiger partial charge >= 0.3 is 5.97 Å². The molecular weight excluding hydrogens is 480 g/mol. The van der Waals surface area contributed by atoms with Gasteiger partial charge in [0.2, 0.25) is 0 Å². The minimum atomic E-state index is -0.968. The molecule has 3 aromatic rings. The maximum Gasteiger partial charge on any atom is 0.328 e. The molecule has 1 heterocycles. The second-order valence-corrected chi connectivity index (χ2v) is 10.2. The summed E-state index contributed by atoms with van der Waals surface area (Å²) in [6.07, 6.45) is 0.832. The van der Waals surface area contributed by atoms with Crippen LogP contribution < -0.4 is 10.1 Å². The molecule has 2 aromatic carbocycles. The first kappa shape index (κ1) is 28.7. The lowest BCUT2D eigenvalue weighted by Gasteiger charge is -2.27. The quantitative estimate of drug-likeness (QED) is 0.323. The molecule has 1 aromatic heterocycles. The zero-order valence-electron chi connectivity index (χ0n) is 23.2. The lowest BCUT2D eigenvalue weighted by Crippen LogP contribution is -2.41. The lowest BCUT2D eigenvalue weighted by atomic mass is 9.85. The fourth-order valence-electron chi connectivity index (χ4n) is 4.36. The van der Waals surface area contributed by atoms with Crippen LogP contribution in [0.5, 0.6) is 11.5 Å². The highest BCUT2D eigenvalue weighted by atomic mass is 16.5. The largest absolute Gasteiger partial charge is 0.503 e. The number of nitrogens with one attached hydrogen (secondary N) is 1. The Morgan fingerprint density at radius 2 is 1.26 bits per heavy atom. The monoisotopic (exact) mass is 518 g/mol. The molecule has 0 unspecified atom stereocenters. The van der Waals surface area contributed by atoms with E-state index in [4.69, 9.17) is 9.47 Å². The van der Waals surface area contributed by atoms with Gasteiger partial charge in [0.1, 0.15) is 12.1 Å². The Hall–Kier alpha value is -3.87. The first-order chi connectivity index (χ1) is 18.0. The van der Waals surface area contributed by atoms with Crippen molar-refractivity contribution in [3.05, 3.63) is 88.7 Å². The van der Waals surface area contributed by atoms with E-state index in [2.05, 4.69) is 86.5 Å². The maximum absolute atomic E-state index is 13.0. The normalized spacial score (nSPS) is 12.9. The first-order valence-corrected chi connectivity index (χ1v) is 13.0. The van der Waals surface area contributed by atoms with Crippen LogP contribution in [0.1, 0.15) is 92.0 Å². The average Bonchev–Trinajstić information content (AvgIpc) is 2.89. The Morgan fingerprint density at radius 1 is 0.789 bits per heavy atom. The Morgan fingerprint density at radius 3 is 1.71 bits per heavy atom. The molecule has 1 amide bonds. The molecule has 7 nitrogen and oxygen atoms in total. The number of carbonyl (C=O) groups is 2. The lowest BCUT2D eigenvalue weighted by molar-refractivity contribution is -0.150. The van der Waals surface area contributed by atoms with Crippen LogP contribution in [0, 0.1) is 0 Å². The molecule has 2 N–H and O–H groups in total. The van der Waals surface area contributed by atoms with Gasteiger partial charge in [0, 0.05) is 18.2 Å². The number of aromatic nitrogens is 1. The van der Waals surface area contributed by atoms with E-state index in [-0.39, 0.29) is 17.4 Å². The third-order valence-electron chi connectivity index (χ3n) is 6.72. The first-order valence-electron chi connectivity index (χ1n) is 13.0. The maximum atomic E-state index is 13.0. The Balaban J connectivity index is 1.81. The van der Waals surface area contributed by atoms with Crippen molar-refractivity contribution in [3.63, 3.8) is 0 Å². The summed E-state index contributed by atoms with van der Waals surface area (Å²) in [7, 11) is 1.38. The molecule has 0 aliphatic heterocycles. The Bertz CT molecular complexity index is 1180. The van der Waals surface area contributed by atoms with Crippen molar-refractivity contribution in [1.29, 1.82) is 0 Å².